The van der Waals surface area contributed by atoms with Gasteiger partial charge in [-0.05, 0) is 118 Å². The lowest BCUT2D eigenvalue weighted by molar-refractivity contribution is -0.330. The first-order valence-corrected chi connectivity index (χ1v) is 17.3. The Kier molecular flexibility index (Phi) is 9.35. The number of rotatable bonds is 7. The van der Waals surface area contributed by atoms with Crippen LogP contribution >= 0.6 is 0 Å². The molecular formula is C36H62O8. The van der Waals surface area contributed by atoms with Crippen LogP contribution in [0.4, 0.5) is 0 Å². The lowest BCUT2D eigenvalue weighted by atomic mass is 9.39. The van der Waals surface area contributed by atoms with Crippen molar-refractivity contribution in [2.24, 2.45) is 45.3 Å². The molecule has 5 fully saturated rings. The first-order valence-electron chi connectivity index (χ1n) is 17.3. The molecule has 0 aromatic heterocycles. The van der Waals surface area contributed by atoms with Crippen LogP contribution in [0.25, 0.3) is 0 Å². The molecule has 8 nitrogen and oxygen atoms in total. The first kappa shape index (κ1) is 34.7. The van der Waals surface area contributed by atoms with Crippen LogP contribution < -0.4 is 0 Å². The monoisotopic (exact) mass is 622 g/mol. The summed E-state index contributed by atoms with van der Waals surface area (Å²) in [6.07, 6.45) is 3.17. The second-order valence-corrected chi connectivity index (χ2v) is 17.3. The normalized spacial score (nSPS) is 51.5. The number of aliphatic hydroxyl groups is 6. The largest absolute Gasteiger partial charge is 0.394 e. The van der Waals surface area contributed by atoms with E-state index in [1.165, 1.54) is 5.57 Å². The fourth-order valence-electron chi connectivity index (χ4n) is 11.8. The molecule has 6 N–H and O–H groups in total. The van der Waals surface area contributed by atoms with Crippen molar-refractivity contribution in [3.05, 3.63) is 11.6 Å². The topological polar surface area (TPSA) is 140 Å². The Morgan fingerprint density at radius 1 is 0.886 bits per heavy atom. The predicted molar refractivity (Wildman–Crippen MR) is 168 cm³/mol. The van der Waals surface area contributed by atoms with Crippen molar-refractivity contribution < 1.29 is 40.1 Å². The smallest absolute Gasteiger partial charge is 0.186 e. The summed E-state index contributed by atoms with van der Waals surface area (Å²) < 4.78 is 12.2. The molecule has 254 valence electrons. The Labute approximate surface area is 265 Å². The Morgan fingerprint density at radius 2 is 1.57 bits per heavy atom. The van der Waals surface area contributed by atoms with Gasteiger partial charge in [-0.15, -0.1) is 0 Å². The van der Waals surface area contributed by atoms with Crippen LogP contribution in [-0.4, -0.2) is 85.8 Å². The molecule has 0 amide bonds. The molecule has 0 spiro atoms. The Bertz CT molecular complexity index is 1070. The van der Waals surface area contributed by atoms with E-state index in [4.69, 9.17) is 9.47 Å². The van der Waals surface area contributed by atoms with Crippen molar-refractivity contribution >= 4 is 0 Å². The highest BCUT2D eigenvalue weighted by molar-refractivity contribution is 5.19. The third kappa shape index (κ3) is 5.26. The number of allylic oxidation sites excluding steroid dienone is 2. The molecule has 0 aromatic carbocycles. The van der Waals surface area contributed by atoms with E-state index in [1.54, 1.807) is 0 Å². The second kappa shape index (κ2) is 11.8. The molecule has 1 saturated heterocycles. The molecule has 5 rings (SSSR count). The van der Waals surface area contributed by atoms with Crippen LogP contribution in [0, 0.1) is 45.3 Å². The molecule has 0 bridgehead atoms. The zero-order chi connectivity index (χ0) is 32.6. The Balaban J connectivity index is 1.36. The maximum Gasteiger partial charge on any atom is 0.186 e. The average Bonchev–Trinajstić information content (AvgIpc) is 3.24. The molecule has 1 aliphatic heterocycles. The fraction of sp³-hybridized carbons (Fsp3) is 0.944. The molecule has 1 heterocycles. The van der Waals surface area contributed by atoms with Crippen molar-refractivity contribution in [1.29, 1.82) is 0 Å². The SMILES string of the molecule is CC(C)=CCC[C@@](C)(O)[C@@]1(C)CC[C@]2(C)[C@@H]3CC[C@@H]4C(C)(C)[C@H](O[C@@H]5O[C@H](CO)[C@@H](O)[C@H](O)[C@H]5O)CC[C@]4(C)[C@H]3C[C@H](O)[C@@H]21. The molecule has 0 unspecified atom stereocenters. The highest BCUT2D eigenvalue weighted by atomic mass is 16.7. The summed E-state index contributed by atoms with van der Waals surface area (Å²) >= 11 is 0. The van der Waals surface area contributed by atoms with E-state index in [2.05, 4.69) is 54.5 Å². The van der Waals surface area contributed by atoms with E-state index in [0.717, 1.165) is 51.4 Å². The minimum atomic E-state index is -1.46. The van der Waals surface area contributed by atoms with Gasteiger partial charge in [0.1, 0.15) is 24.4 Å². The van der Waals surface area contributed by atoms with Crippen molar-refractivity contribution in [1.82, 2.24) is 0 Å². The molecule has 4 aliphatic carbocycles. The Hall–Kier alpha value is -0.580. The zero-order valence-corrected chi connectivity index (χ0v) is 28.5. The third-order valence-electron chi connectivity index (χ3n) is 14.4. The minimum absolute atomic E-state index is 0.00156. The summed E-state index contributed by atoms with van der Waals surface area (Å²) in [5.41, 5.74) is -0.253. The number of aliphatic hydroxyl groups excluding tert-OH is 5. The fourth-order valence-corrected chi connectivity index (χ4v) is 11.8. The number of fused-ring (bicyclic) bond motifs is 5. The molecule has 0 aromatic rings. The van der Waals surface area contributed by atoms with Gasteiger partial charge in [-0.25, -0.2) is 0 Å². The standard InChI is InChI=1S/C36H62O8/c1-20(2)10-9-14-36(8,42)35(7)17-16-34(6)21-11-12-25-32(3,4)26(13-15-33(25,5)22(21)18-23(38)30(34)35)44-31-29(41)28(40)27(39)24(19-37)43-31/h10,21-31,37-42H,9,11-19H2,1-8H3/t21-,22+,23+,24-,25-,26-,27-,28+,29-,30+,31+,33-,34-,35+,36-/m1/s1. The van der Waals surface area contributed by atoms with Crippen LogP contribution in [-0.2, 0) is 9.47 Å². The number of ether oxygens (including phenoxy) is 2. The quantitative estimate of drug-likeness (QED) is 0.182. The van der Waals surface area contributed by atoms with Crippen LogP contribution in [0.3, 0.4) is 0 Å². The van der Waals surface area contributed by atoms with Crippen LogP contribution in [0.2, 0.25) is 0 Å². The molecule has 44 heavy (non-hydrogen) atoms. The first-order chi connectivity index (χ1) is 20.3. The van der Waals surface area contributed by atoms with Crippen molar-refractivity contribution in [3.63, 3.8) is 0 Å². The maximum absolute atomic E-state index is 12.1. The average molecular weight is 623 g/mol. The Morgan fingerprint density at radius 3 is 2.20 bits per heavy atom. The molecule has 5 aliphatic rings. The summed E-state index contributed by atoms with van der Waals surface area (Å²) in [6.45, 7) is 17.3. The second-order valence-electron chi connectivity index (χ2n) is 17.3. The zero-order valence-electron chi connectivity index (χ0n) is 28.5. The van der Waals surface area contributed by atoms with E-state index in [0.29, 0.717) is 24.2 Å². The number of hydrogen-bond donors (Lipinski definition) is 6. The van der Waals surface area contributed by atoms with Crippen LogP contribution in [0.5, 0.6) is 0 Å². The van der Waals surface area contributed by atoms with E-state index >= 15 is 0 Å². The summed E-state index contributed by atoms with van der Waals surface area (Å²) in [5, 5.41) is 65.0. The van der Waals surface area contributed by atoms with Gasteiger partial charge in [-0.1, -0.05) is 46.3 Å². The van der Waals surface area contributed by atoms with Gasteiger partial charge in [0.15, 0.2) is 6.29 Å². The van der Waals surface area contributed by atoms with Crippen molar-refractivity contribution in [2.75, 3.05) is 6.61 Å². The summed E-state index contributed by atoms with van der Waals surface area (Å²) in [4.78, 5) is 0. The van der Waals surface area contributed by atoms with Crippen LogP contribution in [0.15, 0.2) is 11.6 Å². The van der Waals surface area contributed by atoms with Crippen molar-refractivity contribution in [2.45, 2.75) is 162 Å². The maximum atomic E-state index is 12.1. The molecule has 0 radical (unpaired) electrons. The van der Waals surface area contributed by atoms with Gasteiger partial charge >= 0.3 is 0 Å². The van der Waals surface area contributed by atoms with Gasteiger partial charge in [0.25, 0.3) is 0 Å². The highest BCUT2D eigenvalue weighted by Gasteiger charge is 2.70. The molecule has 8 heteroatoms. The van der Waals surface area contributed by atoms with Gasteiger partial charge in [0, 0.05) is 5.41 Å². The van der Waals surface area contributed by atoms with Gasteiger partial charge in [-0.3, -0.25) is 0 Å². The van der Waals surface area contributed by atoms with E-state index in [-0.39, 0.29) is 33.7 Å². The predicted octanol–water partition coefficient (Wildman–Crippen LogP) is 4.32. The molecule has 4 saturated carbocycles. The van der Waals surface area contributed by atoms with E-state index < -0.39 is 49.0 Å². The molecular weight excluding hydrogens is 560 g/mol. The number of hydrogen-bond acceptors (Lipinski definition) is 8. The van der Waals surface area contributed by atoms with Crippen molar-refractivity contribution in [3.8, 4) is 0 Å². The lowest BCUT2D eigenvalue weighted by Gasteiger charge is -2.67. The molecule has 15 atom stereocenters. The van der Waals surface area contributed by atoms with Gasteiger partial charge < -0.3 is 40.1 Å². The summed E-state index contributed by atoms with van der Waals surface area (Å²) in [7, 11) is 0. The van der Waals surface area contributed by atoms with Gasteiger partial charge in [0.2, 0.25) is 0 Å². The minimum Gasteiger partial charge on any atom is -0.394 e. The van der Waals surface area contributed by atoms with Gasteiger partial charge in [0.05, 0.1) is 24.4 Å². The van der Waals surface area contributed by atoms with E-state index in [1.807, 2.05) is 6.92 Å². The highest BCUT2D eigenvalue weighted by Crippen LogP contribution is 2.73. The summed E-state index contributed by atoms with van der Waals surface area (Å²) in [6, 6.07) is 0. The van der Waals surface area contributed by atoms with E-state index in [9.17, 15) is 30.6 Å². The summed E-state index contributed by atoms with van der Waals surface area (Å²) in [5.74, 6) is 1.22. The third-order valence-corrected chi connectivity index (χ3v) is 14.4. The lowest BCUT2D eigenvalue weighted by Crippen LogP contribution is -2.65. The van der Waals surface area contributed by atoms with Crippen LogP contribution in [0.1, 0.15) is 113 Å². The van der Waals surface area contributed by atoms with Gasteiger partial charge in [-0.2, -0.15) is 0 Å².